The number of pyridine rings is 1. The van der Waals surface area contributed by atoms with Crippen molar-refractivity contribution in [2.24, 2.45) is 5.92 Å². The lowest BCUT2D eigenvalue weighted by atomic mass is 10.1. The summed E-state index contributed by atoms with van der Waals surface area (Å²) in [5, 5.41) is 5.60. The van der Waals surface area contributed by atoms with Crippen LogP contribution in [-0.4, -0.2) is 17.4 Å². The first-order valence-corrected chi connectivity index (χ1v) is 7.94. The summed E-state index contributed by atoms with van der Waals surface area (Å²) < 4.78 is 38.1. The molecule has 1 aromatic carbocycles. The van der Waals surface area contributed by atoms with Crippen molar-refractivity contribution in [2.75, 3.05) is 11.9 Å². The molecule has 1 aromatic heterocycles. The van der Waals surface area contributed by atoms with Crippen molar-refractivity contribution in [1.29, 1.82) is 0 Å². The molecule has 0 aliphatic carbocycles. The van der Waals surface area contributed by atoms with Crippen molar-refractivity contribution < 1.29 is 18.0 Å². The van der Waals surface area contributed by atoms with Gasteiger partial charge in [-0.15, -0.1) is 0 Å². The van der Waals surface area contributed by atoms with E-state index in [4.69, 9.17) is 0 Å². The lowest BCUT2D eigenvalue weighted by Crippen LogP contribution is -2.25. The van der Waals surface area contributed by atoms with E-state index in [1.54, 1.807) is 12.1 Å². The average Bonchev–Trinajstić information content (AvgIpc) is 2.54. The van der Waals surface area contributed by atoms with E-state index >= 15 is 0 Å². The number of amides is 1. The average molecular weight is 351 g/mol. The molecule has 1 amide bonds. The van der Waals surface area contributed by atoms with Gasteiger partial charge in [0.05, 0.1) is 11.1 Å². The number of carbonyl (C=O) groups is 1. The van der Waals surface area contributed by atoms with Crippen LogP contribution in [0.3, 0.4) is 0 Å². The van der Waals surface area contributed by atoms with Crippen LogP contribution >= 0.6 is 0 Å². The Morgan fingerprint density at radius 2 is 1.96 bits per heavy atom. The van der Waals surface area contributed by atoms with Gasteiger partial charge in [0.25, 0.3) is 5.91 Å². The fourth-order valence-electron chi connectivity index (χ4n) is 2.10. The van der Waals surface area contributed by atoms with Gasteiger partial charge in [0.2, 0.25) is 0 Å². The summed E-state index contributed by atoms with van der Waals surface area (Å²) in [7, 11) is 0. The molecule has 2 rings (SSSR count). The zero-order valence-corrected chi connectivity index (χ0v) is 14.0. The van der Waals surface area contributed by atoms with Gasteiger partial charge in [-0.2, -0.15) is 13.2 Å². The van der Waals surface area contributed by atoms with Crippen LogP contribution < -0.4 is 10.6 Å². The molecule has 1 heterocycles. The van der Waals surface area contributed by atoms with Crippen molar-refractivity contribution in [1.82, 2.24) is 10.3 Å². The third-order valence-electron chi connectivity index (χ3n) is 3.50. The molecule has 25 heavy (non-hydrogen) atoms. The number of hydrogen-bond donors (Lipinski definition) is 2. The predicted octanol–water partition coefficient (Wildman–Crippen LogP) is 4.62. The Bertz CT molecular complexity index is 712. The SMILES string of the molecule is CC(C)CCNC(=O)c1ccc(Nc2cccc(C(F)(F)F)c2)nc1. The molecule has 0 aliphatic heterocycles. The van der Waals surface area contributed by atoms with Crippen molar-refractivity contribution in [3.05, 3.63) is 53.7 Å². The number of halogens is 3. The maximum absolute atomic E-state index is 12.7. The Balaban J connectivity index is 2.00. The molecule has 2 N–H and O–H groups in total. The third kappa shape index (κ3) is 5.77. The number of nitrogens with one attached hydrogen (secondary N) is 2. The number of alkyl halides is 3. The minimum atomic E-state index is -4.40. The van der Waals surface area contributed by atoms with Gasteiger partial charge in [-0.3, -0.25) is 4.79 Å². The highest BCUT2D eigenvalue weighted by molar-refractivity contribution is 5.94. The zero-order valence-electron chi connectivity index (χ0n) is 14.0. The lowest BCUT2D eigenvalue weighted by molar-refractivity contribution is -0.137. The molecular formula is C18H20F3N3O. The number of carbonyl (C=O) groups excluding carboxylic acids is 1. The second-order valence-electron chi connectivity index (χ2n) is 6.07. The molecule has 4 nitrogen and oxygen atoms in total. The molecule has 0 aliphatic rings. The number of nitrogens with zero attached hydrogens (tertiary/aromatic N) is 1. The fourth-order valence-corrected chi connectivity index (χ4v) is 2.10. The molecule has 7 heteroatoms. The Hall–Kier alpha value is -2.57. The topological polar surface area (TPSA) is 54.0 Å². The standard InChI is InChI=1S/C18H20F3N3O/c1-12(2)8-9-22-17(25)13-6-7-16(23-11-13)24-15-5-3-4-14(10-15)18(19,20)21/h3-7,10-12H,8-9H2,1-2H3,(H,22,25)(H,23,24). The Kier molecular flexibility index (Phi) is 6.01. The molecule has 0 fully saturated rings. The summed E-state index contributed by atoms with van der Waals surface area (Å²) in [6, 6.07) is 7.98. The number of hydrogen-bond acceptors (Lipinski definition) is 3. The van der Waals surface area contributed by atoms with Crippen LogP contribution in [0.1, 0.15) is 36.2 Å². The Morgan fingerprint density at radius 1 is 1.20 bits per heavy atom. The lowest BCUT2D eigenvalue weighted by Gasteiger charge is -2.11. The number of rotatable bonds is 6. The van der Waals surface area contributed by atoms with E-state index in [1.165, 1.54) is 18.3 Å². The van der Waals surface area contributed by atoms with Gasteiger partial charge < -0.3 is 10.6 Å². The maximum Gasteiger partial charge on any atom is 0.416 e. The molecule has 2 aromatic rings. The highest BCUT2D eigenvalue weighted by Gasteiger charge is 2.30. The summed E-state index contributed by atoms with van der Waals surface area (Å²) in [6.07, 6.45) is -2.13. The van der Waals surface area contributed by atoms with E-state index in [0.717, 1.165) is 18.6 Å². The predicted molar refractivity (Wildman–Crippen MR) is 90.8 cm³/mol. The minimum Gasteiger partial charge on any atom is -0.352 e. The summed E-state index contributed by atoms with van der Waals surface area (Å²) in [4.78, 5) is 16.0. The molecule has 0 bridgehead atoms. The second kappa shape index (κ2) is 8.00. The maximum atomic E-state index is 12.7. The molecule has 0 saturated heterocycles. The molecule has 0 radical (unpaired) electrons. The van der Waals surface area contributed by atoms with Crippen LogP contribution in [0.2, 0.25) is 0 Å². The summed E-state index contributed by atoms with van der Waals surface area (Å²) in [6.45, 7) is 4.73. The van der Waals surface area contributed by atoms with Gasteiger partial charge in [0.15, 0.2) is 0 Å². The first kappa shape index (κ1) is 18.8. The van der Waals surface area contributed by atoms with Gasteiger partial charge in [-0.1, -0.05) is 19.9 Å². The van der Waals surface area contributed by atoms with Gasteiger partial charge in [-0.25, -0.2) is 4.98 Å². The van der Waals surface area contributed by atoms with Crippen LogP contribution in [0.4, 0.5) is 24.7 Å². The van der Waals surface area contributed by atoms with Crippen molar-refractivity contribution in [3.8, 4) is 0 Å². The van der Waals surface area contributed by atoms with Crippen LogP contribution in [-0.2, 0) is 6.18 Å². The van der Waals surface area contributed by atoms with Crippen LogP contribution in [0.15, 0.2) is 42.6 Å². The van der Waals surface area contributed by atoms with Crippen LogP contribution in [0, 0.1) is 5.92 Å². The smallest absolute Gasteiger partial charge is 0.352 e. The highest BCUT2D eigenvalue weighted by Crippen LogP contribution is 2.31. The quantitative estimate of drug-likeness (QED) is 0.798. The highest BCUT2D eigenvalue weighted by atomic mass is 19.4. The molecule has 0 atom stereocenters. The van der Waals surface area contributed by atoms with Crippen molar-refractivity contribution in [3.63, 3.8) is 0 Å². The second-order valence-corrected chi connectivity index (χ2v) is 6.07. The van der Waals surface area contributed by atoms with Crippen LogP contribution in [0.25, 0.3) is 0 Å². The van der Waals surface area contributed by atoms with E-state index in [9.17, 15) is 18.0 Å². The number of benzene rings is 1. The Labute approximate surface area is 144 Å². The first-order valence-electron chi connectivity index (χ1n) is 7.94. The zero-order chi connectivity index (χ0) is 18.4. The van der Waals surface area contributed by atoms with E-state index in [2.05, 4.69) is 29.5 Å². The van der Waals surface area contributed by atoms with E-state index in [-0.39, 0.29) is 11.6 Å². The molecule has 0 spiro atoms. The summed E-state index contributed by atoms with van der Waals surface area (Å²) >= 11 is 0. The third-order valence-corrected chi connectivity index (χ3v) is 3.50. The number of aromatic nitrogens is 1. The van der Waals surface area contributed by atoms with Gasteiger partial charge in [-0.05, 0) is 42.7 Å². The first-order chi connectivity index (χ1) is 11.8. The normalized spacial score (nSPS) is 11.4. The minimum absolute atomic E-state index is 0.223. The molecule has 0 saturated carbocycles. The van der Waals surface area contributed by atoms with Gasteiger partial charge in [0, 0.05) is 18.4 Å². The van der Waals surface area contributed by atoms with E-state index in [0.29, 0.717) is 23.8 Å². The fraction of sp³-hybridized carbons (Fsp3) is 0.333. The molecule has 0 unspecified atom stereocenters. The monoisotopic (exact) mass is 351 g/mol. The van der Waals surface area contributed by atoms with E-state index in [1.807, 2.05) is 0 Å². The molecule has 134 valence electrons. The van der Waals surface area contributed by atoms with Crippen LogP contribution in [0.5, 0.6) is 0 Å². The van der Waals surface area contributed by atoms with Crippen molar-refractivity contribution in [2.45, 2.75) is 26.4 Å². The molecular weight excluding hydrogens is 331 g/mol. The summed E-state index contributed by atoms with van der Waals surface area (Å²) in [5.41, 5.74) is -0.0616. The largest absolute Gasteiger partial charge is 0.416 e. The number of anilines is 2. The Morgan fingerprint density at radius 3 is 2.56 bits per heavy atom. The van der Waals surface area contributed by atoms with Gasteiger partial charge >= 0.3 is 6.18 Å². The van der Waals surface area contributed by atoms with E-state index < -0.39 is 11.7 Å². The van der Waals surface area contributed by atoms with Crippen molar-refractivity contribution >= 4 is 17.4 Å². The summed E-state index contributed by atoms with van der Waals surface area (Å²) in [5.74, 6) is 0.634. The van der Waals surface area contributed by atoms with Gasteiger partial charge in [0.1, 0.15) is 5.82 Å².